The van der Waals surface area contributed by atoms with Crippen LogP contribution in [-0.2, 0) is 6.18 Å². The highest BCUT2D eigenvalue weighted by atomic mass is 19.4. The number of H-pyrrole nitrogens is 1. The Morgan fingerprint density at radius 1 is 1.15 bits per heavy atom. The molecule has 13 heteroatoms. The summed E-state index contributed by atoms with van der Waals surface area (Å²) in [7, 11) is 0. The number of nitrogens with zero attached hydrogens (tertiary/aromatic N) is 5. The van der Waals surface area contributed by atoms with Crippen molar-refractivity contribution in [3.8, 4) is 11.8 Å². The summed E-state index contributed by atoms with van der Waals surface area (Å²) in [4.78, 5) is 27.5. The molecule has 0 saturated carbocycles. The van der Waals surface area contributed by atoms with Crippen molar-refractivity contribution in [3.05, 3.63) is 76.0 Å². The smallest absolute Gasteiger partial charge is 0.329 e. The van der Waals surface area contributed by atoms with Crippen molar-refractivity contribution in [2.24, 2.45) is 0 Å². The standard InChI is InChI=1S/C21H10F3N7O3/c22-21(23,24)18-13(19(32)28-11-2-3-14-15(7-11)30-34-29-14)9-27-31(18)16-4-1-10(8-25)17-12(16)5-6-26-20(17)33/h1-7,9H,(H,26,33)(H,28,32). The van der Waals surface area contributed by atoms with Crippen LogP contribution in [0.4, 0.5) is 18.9 Å². The van der Waals surface area contributed by atoms with Crippen LogP contribution in [0.2, 0.25) is 0 Å². The van der Waals surface area contributed by atoms with Gasteiger partial charge in [0.2, 0.25) is 0 Å². The quantitative estimate of drug-likeness (QED) is 0.416. The molecule has 0 atom stereocenters. The first-order valence-electron chi connectivity index (χ1n) is 9.51. The van der Waals surface area contributed by atoms with Crippen molar-refractivity contribution >= 4 is 33.4 Å². The summed E-state index contributed by atoms with van der Waals surface area (Å²) in [5.41, 5.74) is -1.99. The third-order valence-electron chi connectivity index (χ3n) is 5.06. The minimum atomic E-state index is -4.98. The molecule has 10 nitrogen and oxygen atoms in total. The monoisotopic (exact) mass is 465 g/mol. The lowest BCUT2D eigenvalue weighted by atomic mass is 10.1. The largest absolute Gasteiger partial charge is 0.434 e. The van der Waals surface area contributed by atoms with Gasteiger partial charge in [0.25, 0.3) is 11.5 Å². The molecular weight excluding hydrogens is 455 g/mol. The zero-order valence-corrected chi connectivity index (χ0v) is 16.7. The van der Waals surface area contributed by atoms with E-state index in [4.69, 9.17) is 0 Å². The van der Waals surface area contributed by atoms with Gasteiger partial charge in [0, 0.05) is 17.3 Å². The van der Waals surface area contributed by atoms with Crippen molar-refractivity contribution in [2.45, 2.75) is 6.18 Å². The molecule has 0 spiro atoms. The predicted molar refractivity (Wildman–Crippen MR) is 111 cm³/mol. The summed E-state index contributed by atoms with van der Waals surface area (Å²) >= 11 is 0. The fraction of sp³-hybridized carbons (Fsp3) is 0.0476. The first-order chi connectivity index (χ1) is 16.3. The van der Waals surface area contributed by atoms with Gasteiger partial charge in [-0.3, -0.25) is 9.59 Å². The number of anilines is 1. The number of carbonyl (C=O) groups is 1. The van der Waals surface area contributed by atoms with Gasteiger partial charge in [0.15, 0.2) is 5.69 Å². The van der Waals surface area contributed by atoms with Gasteiger partial charge in [-0.25, -0.2) is 9.31 Å². The molecular formula is C21H10F3N7O3. The topological polar surface area (TPSA) is 142 Å². The van der Waals surface area contributed by atoms with Gasteiger partial charge in [0.05, 0.1) is 34.5 Å². The second kappa shape index (κ2) is 7.55. The highest BCUT2D eigenvalue weighted by Crippen LogP contribution is 2.35. The van der Waals surface area contributed by atoms with Crippen LogP contribution in [0.1, 0.15) is 21.6 Å². The van der Waals surface area contributed by atoms with Gasteiger partial charge in [-0.05, 0) is 46.7 Å². The van der Waals surface area contributed by atoms with Gasteiger partial charge in [0.1, 0.15) is 11.0 Å². The van der Waals surface area contributed by atoms with Crippen molar-refractivity contribution in [2.75, 3.05) is 5.32 Å². The van der Waals surface area contributed by atoms with Crippen LogP contribution in [0.25, 0.3) is 27.5 Å². The Bertz CT molecular complexity index is 1690. The van der Waals surface area contributed by atoms with E-state index in [2.05, 4.69) is 30.3 Å². The lowest BCUT2D eigenvalue weighted by Crippen LogP contribution is -2.21. The number of hydrogen-bond acceptors (Lipinski definition) is 7. The van der Waals surface area contributed by atoms with Crippen molar-refractivity contribution in [1.82, 2.24) is 25.1 Å². The maximum atomic E-state index is 14.1. The highest BCUT2D eigenvalue weighted by molar-refractivity contribution is 6.06. The first-order valence-corrected chi connectivity index (χ1v) is 9.51. The number of aromatic nitrogens is 5. The zero-order chi connectivity index (χ0) is 24.0. The van der Waals surface area contributed by atoms with E-state index in [1.807, 2.05) is 6.07 Å². The van der Waals surface area contributed by atoms with Gasteiger partial charge in [-0.1, -0.05) is 0 Å². The number of amides is 1. The number of alkyl halides is 3. The number of halogens is 3. The zero-order valence-electron chi connectivity index (χ0n) is 16.7. The number of aromatic amines is 1. The summed E-state index contributed by atoms with van der Waals surface area (Å²) < 4.78 is 47.5. The van der Waals surface area contributed by atoms with E-state index in [1.165, 1.54) is 42.6 Å². The molecule has 3 aromatic heterocycles. The number of benzene rings is 2. The molecule has 0 bridgehead atoms. The molecule has 3 heterocycles. The summed E-state index contributed by atoms with van der Waals surface area (Å²) in [6.07, 6.45) is -2.95. The van der Waals surface area contributed by atoms with Crippen molar-refractivity contribution in [3.63, 3.8) is 0 Å². The van der Waals surface area contributed by atoms with Crippen LogP contribution >= 0.6 is 0 Å². The Balaban J connectivity index is 1.64. The highest BCUT2D eigenvalue weighted by Gasteiger charge is 2.41. The average Bonchev–Trinajstić information content (AvgIpc) is 3.45. The Morgan fingerprint density at radius 3 is 2.71 bits per heavy atom. The summed E-state index contributed by atoms with van der Waals surface area (Å²) in [5, 5.41) is 22.7. The van der Waals surface area contributed by atoms with Crippen LogP contribution in [0.3, 0.4) is 0 Å². The Labute approximate surface area is 186 Å². The molecule has 34 heavy (non-hydrogen) atoms. The van der Waals surface area contributed by atoms with E-state index in [0.29, 0.717) is 15.7 Å². The van der Waals surface area contributed by atoms with Gasteiger partial charge >= 0.3 is 6.18 Å². The van der Waals surface area contributed by atoms with Crippen molar-refractivity contribution in [1.29, 1.82) is 5.26 Å². The molecule has 2 N–H and O–H groups in total. The third-order valence-corrected chi connectivity index (χ3v) is 5.06. The maximum absolute atomic E-state index is 14.1. The second-order valence-corrected chi connectivity index (χ2v) is 7.08. The molecule has 0 fully saturated rings. The van der Waals surface area contributed by atoms with E-state index in [-0.39, 0.29) is 27.7 Å². The van der Waals surface area contributed by atoms with Crippen LogP contribution in [0.5, 0.6) is 0 Å². The number of rotatable bonds is 3. The normalized spacial score (nSPS) is 11.6. The Hall–Kier alpha value is -4.99. The number of nitriles is 1. The lowest BCUT2D eigenvalue weighted by Gasteiger charge is -2.14. The Kier molecular flexibility index (Phi) is 4.64. The fourth-order valence-electron chi connectivity index (χ4n) is 3.60. The molecule has 0 radical (unpaired) electrons. The molecule has 2 aromatic carbocycles. The molecule has 168 valence electrons. The molecule has 0 unspecified atom stereocenters. The number of fused-ring (bicyclic) bond motifs is 2. The molecule has 0 aliphatic carbocycles. The van der Waals surface area contributed by atoms with Crippen LogP contribution in [0.15, 0.2) is 58.2 Å². The van der Waals surface area contributed by atoms with E-state index in [9.17, 15) is 28.0 Å². The van der Waals surface area contributed by atoms with E-state index < -0.39 is 28.9 Å². The van der Waals surface area contributed by atoms with Crippen LogP contribution in [-0.4, -0.2) is 31.0 Å². The average molecular weight is 465 g/mol. The van der Waals surface area contributed by atoms with Crippen molar-refractivity contribution < 1.29 is 22.6 Å². The lowest BCUT2D eigenvalue weighted by molar-refractivity contribution is -0.143. The number of nitrogens with one attached hydrogen (secondary N) is 2. The molecule has 0 aliphatic rings. The summed E-state index contributed by atoms with van der Waals surface area (Å²) in [5.74, 6) is -1.06. The minimum Gasteiger partial charge on any atom is -0.329 e. The predicted octanol–water partition coefficient (Wildman–Crippen LogP) is 3.39. The molecule has 5 aromatic rings. The van der Waals surface area contributed by atoms with E-state index in [1.54, 1.807) is 0 Å². The van der Waals surface area contributed by atoms with E-state index >= 15 is 0 Å². The second-order valence-electron chi connectivity index (χ2n) is 7.08. The molecule has 0 saturated heterocycles. The minimum absolute atomic E-state index is 0.0166. The van der Waals surface area contributed by atoms with Gasteiger partial charge < -0.3 is 10.3 Å². The van der Waals surface area contributed by atoms with Gasteiger partial charge in [-0.15, -0.1) is 0 Å². The third kappa shape index (κ3) is 3.34. The van der Waals surface area contributed by atoms with E-state index in [0.717, 1.165) is 6.20 Å². The Morgan fingerprint density at radius 2 is 1.94 bits per heavy atom. The van der Waals surface area contributed by atoms with Gasteiger partial charge in [-0.2, -0.15) is 23.5 Å². The SMILES string of the molecule is N#Cc1ccc(-n2ncc(C(=O)Nc3ccc4nonc4c3)c2C(F)(F)F)c2cc[nH]c(=O)c12. The fourth-order valence-corrected chi connectivity index (χ4v) is 3.60. The number of hydrogen-bond donors (Lipinski definition) is 2. The first kappa shape index (κ1) is 20.9. The molecule has 1 amide bonds. The van der Waals surface area contributed by atoms with Crippen LogP contribution in [0, 0.1) is 11.3 Å². The summed E-state index contributed by atoms with van der Waals surface area (Å²) in [6, 6.07) is 9.96. The van der Waals surface area contributed by atoms with Crippen LogP contribution < -0.4 is 10.9 Å². The summed E-state index contributed by atoms with van der Waals surface area (Å²) in [6.45, 7) is 0. The molecule has 5 rings (SSSR count). The number of carbonyl (C=O) groups excluding carboxylic acids is 1. The molecule has 0 aliphatic heterocycles. The maximum Gasteiger partial charge on any atom is 0.434 e. The number of pyridine rings is 1.